The number of carboxylic acids is 1. The van der Waals surface area contributed by atoms with Gasteiger partial charge in [-0.3, -0.25) is 0 Å². The highest BCUT2D eigenvalue weighted by Crippen LogP contribution is 2.59. The van der Waals surface area contributed by atoms with Crippen molar-refractivity contribution in [2.75, 3.05) is 0 Å². The molecule has 5 nitrogen and oxygen atoms in total. The second-order valence-electron chi connectivity index (χ2n) is 10.1. The molecule has 1 unspecified atom stereocenters. The highest BCUT2D eigenvalue weighted by Gasteiger charge is 2.50. The summed E-state index contributed by atoms with van der Waals surface area (Å²) in [7, 11) is 0. The summed E-state index contributed by atoms with van der Waals surface area (Å²) in [6.07, 6.45) is 9.15. The number of carboxylic acid groups (broad SMARTS) is 1. The summed E-state index contributed by atoms with van der Waals surface area (Å²) in [5.41, 5.74) is 2.74. The van der Waals surface area contributed by atoms with E-state index in [2.05, 4.69) is 26.0 Å². The van der Waals surface area contributed by atoms with E-state index in [4.69, 9.17) is 5.11 Å². The summed E-state index contributed by atoms with van der Waals surface area (Å²) >= 11 is 0. The van der Waals surface area contributed by atoms with Gasteiger partial charge in [-0.05, 0) is 68.1 Å². The van der Waals surface area contributed by atoms with Gasteiger partial charge in [0.2, 0.25) is 0 Å². The molecule has 3 fully saturated rings. The average Bonchev–Trinajstić information content (AvgIpc) is 3.00. The zero-order valence-corrected chi connectivity index (χ0v) is 18.1. The highest BCUT2D eigenvalue weighted by molar-refractivity contribution is 5.71. The van der Waals surface area contributed by atoms with Gasteiger partial charge in [0.05, 0.1) is 12.2 Å². The zero-order chi connectivity index (χ0) is 21.3. The lowest BCUT2D eigenvalue weighted by Gasteiger charge is -2.44. The molecule has 3 aliphatic rings. The van der Waals surface area contributed by atoms with Gasteiger partial charge in [-0.15, -0.1) is 0 Å². The topological polar surface area (TPSA) is 98.0 Å². The molecule has 8 atom stereocenters. The molecular weight excluding hydrogens is 368 g/mol. The van der Waals surface area contributed by atoms with E-state index in [1.165, 1.54) is 5.57 Å². The van der Waals surface area contributed by atoms with E-state index in [0.29, 0.717) is 31.1 Å². The number of aliphatic hydroxyl groups is 3. The van der Waals surface area contributed by atoms with Crippen molar-refractivity contribution in [3.05, 3.63) is 23.3 Å². The first-order chi connectivity index (χ1) is 13.6. The van der Waals surface area contributed by atoms with Crippen molar-refractivity contribution in [2.45, 2.75) is 90.4 Å². The summed E-state index contributed by atoms with van der Waals surface area (Å²) in [5.74, 6) is 0.0568. The minimum absolute atomic E-state index is 0.0825. The lowest BCUT2D eigenvalue weighted by Crippen LogP contribution is -2.37. The van der Waals surface area contributed by atoms with Crippen LogP contribution in [0.4, 0.5) is 0 Å². The van der Waals surface area contributed by atoms with Crippen molar-refractivity contribution in [1.82, 2.24) is 0 Å². The van der Waals surface area contributed by atoms with Crippen LogP contribution in [-0.4, -0.2) is 44.7 Å². The first-order valence-corrected chi connectivity index (χ1v) is 11.3. The van der Waals surface area contributed by atoms with E-state index >= 15 is 0 Å². The predicted octanol–water partition coefficient (Wildman–Crippen LogP) is 3.68. The molecule has 0 aromatic heterocycles. The molecule has 0 aromatic carbocycles. The van der Waals surface area contributed by atoms with E-state index in [-0.39, 0.29) is 17.3 Å². The van der Waals surface area contributed by atoms with Crippen molar-refractivity contribution in [1.29, 1.82) is 0 Å². The Morgan fingerprint density at radius 2 is 1.93 bits per heavy atom. The number of fused-ring (bicyclic) bond motifs is 1. The van der Waals surface area contributed by atoms with Gasteiger partial charge in [-0.1, -0.05) is 44.1 Å². The van der Waals surface area contributed by atoms with Crippen molar-refractivity contribution < 1.29 is 25.2 Å². The Hall–Kier alpha value is -1.17. The van der Waals surface area contributed by atoms with E-state index in [1.807, 2.05) is 6.92 Å². The Morgan fingerprint density at radius 3 is 2.62 bits per heavy atom. The molecule has 0 spiro atoms. The number of hydrogen-bond donors (Lipinski definition) is 4. The number of allylic oxidation sites excluding steroid dienone is 3. The normalized spacial score (nSPS) is 42.6. The highest BCUT2D eigenvalue weighted by atomic mass is 16.4. The van der Waals surface area contributed by atoms with Crippen molar-refractivity contribution in [2.24, 2.45) is 29.1 Å². The molecule has 0 saturated heterocycles. The fraction of sp³-hybridized carbons (Fsp3) is 0.792. The second kappa shape index (κ2) is 8.91. The Kier molecular flexibility index (Phi) is 6.91. The monoisotopic (exact) mass is 406 g/mol. The lowest BCUT2D eigenvalue weighted by atomic mass is 9.60. The zero-order valence-electron chi connectivity index (χ0n) is 18.1. The molecule has 0 radical (unpaired) electrons. The minimum Gasteiger partial charge on any atom is -0.479 e. The van der Waals surface area contributed by atoms with Gasteiger partial charge in [-0.2, -0.15) is 0 Å². The number of hydrogen-bond acceptors (Lipinski definition) is 4. The molecule has 0 heterocycles. The predicted molar refractivity (Wildman–Crippen MR) is 112 cm³/mol. The first-order valence-electron chi connectivity index (χ1n) is 11.3. The van der Waals surface area contributed by atoms with Crippen LogP contribution in [0.2, 0.25) is 0 Å². The van der Waals surface area contributed by atoms with Gasteiger partial charge < -0.3 is 20.4 Å². The number of aliphatic carboxylic acids is 1. The maximum Gasteiger partial charge on any atom is 0.332 e. The van der Waals surface area contributed by atoms with Crippen molar-refractivity contribution >= 4 is 5.97 Å². The van der Waals surface area contributed by atoms with Crippen LogP contribution in [0.25, 0.3) is 0 Å². The Morgan fingerprint density at radius 1 is 1.24 bits per heavy atom. The smallest absolute Gasteiger partial charge is 0.332 e. The van der Waals surface area contributed by atoms with Crippen LogP contribution in [0.3, 0.4) is 0 Å². The Balaban J connectivity index is 1.76. The summed E-state index contributed by atoms with van der Waals surface area (Å²) in [6, 6.07) is 0. The third-order valence-corrected chi connectivity index (χ3v) is 8.26. The molecule has 0 bridgehead atoms. The average molecular weight is 407 g/mol. The van der Waals surface area contributed by atoms with Crippen molar-refractivity contribution in [3.8, 4) is 0 Å². The van der Waals surface area contributed by atoms with Crippen LogP contribution in [0, 0.1) is 29.1 Å². The molecule has 0 aliphatic heterocycles. The van der Waals surface area contributed by atoms with Gasteiger partial charge in [0, 0.05) is 12.3 Å². The largest absolute Gasteiger partial charge is 0.479 e. The van der Waals surface area contributed by atoms with Gasteiger partial charge in [0.1, 0.15) is 0 Å². The number of aliphatic hydroxyl groups excluding tert-OH is 3. The molecule has 0 amide bonds. The van der Waals surface area contributed by atoms with Gasteiger partial charge in [0.25, 0.3) is 0 Å². The lowest BCUT2D eigenvalue weighted by molar-refractivity contribution is -0.147. The fourth-order valence-corrected chi connectivity index (χ4v) is 6.54. The fourth-order valence-electron chi connectivity index (χ4n) is 6.54. The summed E-state index contributed by atoms with van der Waals surface area (Å²) < 4.78 is 0. The second-order valence-corrected chi connectivity index (χ2v) is 10.1. The van der Waals surface area contributed by atoms with E-state index < -0.39 is 24.3 Å². The Bertz CT molecular complexity index is 668. The van der Waals surface area contributed by atoms with Crippen LogP contribution in [0.1, 0.15) is 72.1 Å². The van der Waals surface area contributed by atoms with Crippen LogP contribution in [-0.2, 0) is 4.79 Å². The number of carbonyl (C=O) groups is 1. The molecule has 164 valence electrons. The maximum atomic E-state index is 11.1. The molecule has 3 saturated carbocycles. The third-order valence-electron chi connectivity index (χ3n) is 8.26. The SMILES string of the molecule is C[C@H](CC(O)C(=O)O)[C@H]1CC[C@H]2C(=CC=C3C[C@H](O)C[C@@H](O)[C@@H]3C)CCC[C@]12C. The van der Waals surface area contributed by atoms with Crippen LogP contribution < -0.4 is 0 Å². The molecule has 4 N–H and O–H groups in total. The van der Waals surface area contributed by atoms with Crippen LogP contribution >= 0.6 is 0 Å². The minimum atomic E-state index is -1.28. The van der Waals surface area contributed by atoms with Gasteiger partial charge >= 0.3 is 5.97 Å². The van der Waals surface area contributed by atoms with E-state index in [9.17, 15) is 20.1 Å². The summed E-state index contributed by atoms with van der Waals surface area (Å²) in [4.78, 5) is 11.1. The quantitative estimate of drug-likeness (QED) is 0.558. The van der Waals surface area contributed by atoms with Crippen molar-refractivity contribution in [3.63, 3.8) is 0 Å². The first kappa shape index (κ1) is 22.5. The molecule has 0 aromatic rings. The van der Waals surface area contributed by atoms with E-state index in [0.717, 1.165) is 37.7 Å². The summed E-state index contributed by atoms with van der Waals surface area (Å²) in [6.45, 7) is 6.49. The van der Waals surface area contributed by atoms with E-state index in [1.54, 1.807) is 0 Å². The number of rotatable bonds is 5. The summed E-state index contributed by atoms with van der Waals surface area (Å²) in [5, 5.41) is 39.1. The standard InChI is InChI=1S/C24H38O5/c1-14(11-22(27)23(28)29)19-8-9-20-16(5-4-10-24(19,20)3)6-7-17-12-18(25)13-21(26)15(17)2/h6-7,14-15,18-22,25-27H,4-5,8-13H2,1-3H3,(H,28,29)/t14-,15-,18+,19-,20+,21-,22?,24-/m1/s1. The van der Waals surface area contributed by atoms with Gasteiger partial charge in [-0.25, -0.2) is 4.79 Å². The molecular formula is C24H38O5. The van der Waals surface area contributed by atoms with Crippen LogP contribution in [0.15, 0.2) is 23.3 Å². The molecule has 3 rings (SSSR count). The molecule has 5 heteroatoms. The Labute approximate surface area is 174 Å². The maximum absolute atomic E-state index is 11.1. The molecule has 3 aliphatic carbocycles. The van der Waals surface area contributed by atoms with Crippen LogP contribution in [0.5, 0.6) is 0 Å². The molecule has 29 heavy (non-hydrogen) atoms. The third kappa shape index (κ3) is 4.62. The van der Waals surface area contributed by atoms with Gasteiger partial charge in [0.15, 0.2) is 6.10 Å².